The van der Waals surface area contributed by atoms with E-state index in [9.17, 15) is 14.9 Å². The molecule has 0 radical (unpaired) electrons. The molecule has 0 fully saturated rings. The average Bonchev–Trinajstić information content (AvgIpc) is 2.43. The minimum absolute atomic E-state index is 0.0305. The van der Waals surface area contributed by atoms with E-state index in [2.05, 4.69) is 21.2 Å². The number of anilines is 1. The Balaban J connectivity index is 2.30. The van der Waals surface area contributed by atoms with Gasteiger partial charge in [-0.15, -0.1) is 0 Å². The summed E-state index contributed by atoms with van der Waals surface area (Å²) in [6.45, 7) is 0. The third kappa shape index (κ3) is 3.72. The van der Waals surface area contributed by atoms with Crippen LogP contribution in [0.15, 0.2) is 40.9 Å². The van der Waals surface area contributed by atoms with Crippen LogP contribution in [0, 0.1) is 10.1 Å². The lowest BCUT2D eigenvalue weighted by atomic mass is 10.2. The zero-order valence-electron chi connectivity index (χ0n) is 10.3. The van der Waals surface area contributed by atoms with Crippen LogP contribution in [0.2, 0.25) is 10.0 Å². The molecule has 1 amide bonds. The number of amides is 1. The summed E-state index contributed by atoms with van der Waals surface area (Å²) in [6.07, 6.45) is 0. The topological polar surface area (TPSA) is 72.2 Å². The lowest BCUT2D eigenvalue weighted by Crippen LogP contribution is -2.12. The maximum atomic E-state index is 12.1. The zero-order chi connectivity index (χ0) is 15.6. The Bertz CT molecular complexity index is 737. The smallest absolute Gasteiger partial charge is 0.288 e. The summed E-state index contributed by atoms with van der Waals surface area (Å²) < 4.78 is 0.740. The molecule has 0 aliphatic carbocycles. The molecule has 0 atom stereocenters. The Morgan fingerprint density at radius 1 is 1.14 bits per heavy atom. The van der Waals surface area contributed by atoms with Gasteiger partial charge in [0.1, 0.15) is 5.02 Å². The molecule has 108 valence electrons. The fourth-order valence-corrected chi connectivity index (χ4v) is 2.29. The quantitative estimate of drug-likeness (QED) is 0.598. The van der Waals surface area contributed by atoms with E-state index in [-0.39, 0.29) is 16.3 Å². The molecule has 0 bridgehead atoms. The van der Waals surface area contributed by atoms with Crippen molar-refractivity contribution >= 4 is 56.4 Å². The van der Waals surface area contributed by atoms with E-state index in [1.54, 1.807) is 18.2 Å². The summed E-state index contributed by atoms with van der Waals surface area (Å²) in [4.78, 5) is 22.3. The molecule has 0 aliphatic rings. The number of rotatable bonds is 3. The highest BCUT2D eigenvalue weighted by atomic mass is 79.9. The summed E-state index contributed by atoms with van der Waals surface area (Å²) in [5.74, 6) is -0.519. The van der Waals surface area contributed by atoms with Crippen molar-refractivity contribution in [1.29, 1.82) is 0 Å². The summed E-state index contributed by atoms with van der Waals surface area (Å²) in [5, 5.41) is 13.7. The number of nitro benzene ring substituents is 1. The molecule has 2 aromatic carbocycles. The summed E-state index contributed by atoms with van der Waals surface area (Å²) in [6, 6.07) is 8.79. The first-order valence-electron chi connectivity index (χ1n) is 5.59. The number of nitro groups is 1. The molecule has 2 aromatic rings. The third-order valence-electron chi connectivity index (χ3n) is 2.58. The predicted molar refractivity (Wildman–Crippen MR) is 85.2 cm³/mol. The van der Waals surface area contributed by atoms with Gasteiger partial charge >= 0.3 is 0 Å². The molecule has 0 saturated carbocycles. The predicted octanol–water partition coefficient (Wildman–Crippen LogP) is 4.92. The van der Waals surface area contributed by atoms with Crippen LogP contribution in [0.3, 0.4) is 0 Å². The zero-order valence-corrected chi connectivity index (χ0v) is 13.4. The number of carbonyl (C=O) groups is 1. The van der Waals surface area contributed by atoms with Gasteiger partial charge in [0, 0.05) is 16.1 Å². The van der Waals surface area contributed by atoms with Crippen molar-refractivity contribution in [2.24, 2.45) is 0 Å². The summed E-state index contributed by atoms with van der Waals surface area (Å²) in [7, 11) is 0. The molecular weight excluding hydrogens is 383 g/mol. The van der Waals surface area contributed by atoms with E-state index in [0.29, 0.717) is 10.7 Å². The largest absolute Gasteiger partial charge is 0.321 e. The monoisotopic (exact) mass is 388 g/mol. The molecule has 8 heteroatoms. The molecule has 0 spiro atoms. The molecule has 0 heterocycles. The highest BCUT2D eigenvalue weighted by Gasteiger charge is 2.17. The molecule has 2 rings (SSSR count). The summed E-state index contributed by atoms with van der Waals surface area (Å²) in [5.41, 5.74) is 0.181. The minimum atomic E-state index is -0.648. The second-order valence-electron chi connectivity index (χ2n) is 4.00. The number of nitrogens with one attached hydrogen (secondary N) is 1. The van der Waals surface area contributed by atoms with Crippen LogP contribution in [0.25, 0.3) is 0 Å². The van der Waals surface area contributed by atoms with Gasteiger partial charge in [-0.25, -0.2) is 0 Å². The van der Waals surface area contributed by atoms with Crippen LogP contribution in [0.1, 0.15) is 10.4 Å². The number of carbonyl (C=O) groups excluding carboxylic acids is 1. The average molecular weight is 390 g/mol. The van der Waals surface area contributed by atoms with Crippen molar-refractivity contribution in [2.75, 3.05) is 5.32 Å². The van der Waals surface area contributed by atoms with Crippen molar-refractivity contribution in [3.05, 3.63) is 66.6 Å². The Labute approximate surface area is 138 Å². The fourth-order valence-electron chi connectivity index (χ4n) is 1.58. The number of nitrogens with zero attached hydrogens (tertiary/aromatic N) is 1. The third-order valence-corrected chi connectivity index (χ3v) is 3.72. The Morgan fingerprint density at radius 2 is 1.81 bits per heavy atom. The van der Waals surface area contributed by atoms with Crippen molar-refractivity contribution in [3.63, 3.8) is 0 Å². The van der Waals surface area contributed by atoms with Gasteiger partial charge in [0.2, 0.25) is 0 Å². The van der Waals surface area contributed by atoms with Gasteiger partial charge in [-0.3, -0.25) is 14.9 Å². The normalized spacial score (nSPS) is 10.2. The van der Waals surface area contributed by atoms with Crippen molar-refractivity contribution in [1.82, 2.24) is 0 Å². The fraction of sp³-hybridized carbons (Fsp3) is 0. The van der Waals surface area contributed by atoms with Gasteiger partial charge in [0.15, 0.2) is 0 Å². The van der Waals surface area contributed by atoms with Crippen LogP contribution in [0.5, 0.6) is 0 Å². The van der Waals surface area contributed by atoms with E-state index >= 15 is 0 Å². The minimum Gasteiger partial charge on any atom is -0.321 e. The number of halogens is 3. The standard InChI is InChI=1S/C13H7BrCl2N2O3/c14-8-2-4-9(15)11(6-8)17-13(19)7-1-3-10(16)12(5-7)18(20)21/h1-6H,(H,17,19). The van der Waals surface area contributed by atoms with Crippen LogP contribution in [0.4, 0.5) is 11.4 Å². The van der Waals surface area contributed by atoms with E-state index < -0.39 is 10.8 Å². The SMILES string of the molecule is O=C(Nc1cc(Br)ccc1Cl)c1ccc(Cl)c([N+](=O)[O-])c1. The van der Waals surface area contributed by atoms with Gasteiger partial charge < -0.3 is 5.32 Å². The number of hydrogen-bond donors (Lipinski definition) is 1. The van der Waals surface area contributed by atoms with Crippen molar-refractivity contribution < 1.29 is 9.72 Å². The molecule has 0 aromatic heterocycles. The van der Waals surface area contributed by atoms with Crippen molar-refractivity contribution in [3.8, 4) is 0 Å². The van der Waals surface area contributed by atoms with Crippen LogP contribution < -0.4 is 5.32 Å². The first-order chi connectivity index (χ1) is 9.88. The Kier molecular flexibility index (Phi) is 4.82. The van der Waals surface area contributed by atoms with Crippen LogP contribution in [-0.4, -0.2) is 10.8 Å². The first kappa shape index (κ1) is 15.8. The Morgan fingerprint density at radius 3 is 2.48 bits per heavy atom. The van der Waals surface area contributed by atoms with Gasteiger partial charge in [0.05, 0.1) is 15.6 Å². The molecule has 1 N–H and O–H groups in total. The van der Waals surface area contributed by atoms with Gasteiger partial charge in [-0.05, 0) is 30.3 Å². The maximum absolute atomic E-state index is 12.1. The lowest BCUT2D eigenvalue weighted by molar-refractivity contribution is -0.384. The molecular formula is C13H7BrCl2N2O3. The molecule has 5 nitrogen and oxygen atoms in total. The lowest BCUT2D eigenvalue weighted by Gasteiger charge is -2.08. The Hall–Kier alpha value is -1.63. The highest BCUT2D eigenvalue weighted by molar-refractivity contribution is 9.10. The van der Waals surface area contributed by atoms with E-state index in [1.165, 1.54) is 12.1 Å². The number of benzene rings is 2. The molecule has 0 saturated heterocycles. The van der Waals surface area contributed by atoms with Crippen LogP contribution >= 0.6 is 39.1 Å². The van der Waals surface area contributed by atoms with Gasteiger partial charge in [0.25, 0.3) is 11.6 Å². The van der Waals surface area contributed by atoms with E-state index in [4.69, 9.17) is 23.2 Å². The van der Waals surface area contributed by atoms with Crippen molar-refractivity contribution in [2.45, 2.75) is 0 Å². The first-order valence-corrected chi connectivity index (χ1v) is 7.13. The molecule has 0 unspecified atom stereocenters. The second-order valence-corrected chi connectivity index (χ2v) is 5.73. The maximum Gasteiger partial charge on any atom is 0.288 e. The van der Waals surface area contributed by atoms with E-state index in [1.807, 2.05) is 0 Å². The molecule has 0 aliphatic heterocycles. The van der Waals surface area contributed by atoms with E-state index in [0.717, 1.165) is 10.5 Å². The van der Waals surface area contributed by atoms with Gasteiger partial charge in [-0.1, -0.05) is 39.1 Å². The second kappa shape index (κ2) is 6.43. The van der Waals surface area contributed by atoms with Gasteiger partial charge in [-0.2, -0.15) is 0 Å². The summed E-state index contributed by atoms with van der Waals surface area (Å²) >= 11 is 14.9. The van der Waals surface area contributed by atoms with Crippen LogP contribution in [-0.2, 0) is 0 Å². The highest BCUT2D eigenvalue weighted by Crippen LogP contribution is 2.28. The molecule has 21 heavy (non-hydrogen) atoms. The number of hydrogen-bond acceptors (Lipinski definition) is 3.